The standard InChI is InChI=1S/C20H16F2N2O/c21-17-7-5-16(6-8-17)19-9-4-15(12-23-19)11-20(25)24-13-14-2-1-3-18(22)10-14/h1-10,12H,11,13H2,(H,24,25). The molecule has 0 fully saturated rings. The third-order valence-corrected chi connectivity index (χ3v) is 3.71. The van der Waals surface area contributed by atoms with Gasteiger partial charge < -0.3 is 5.32 Å². The van der Waals surface area contributed by atoms with E-state index < -0.39 is 0 Å². The quantitative estimate of drug-likeness (QED) is 0.767. The fraction of sp³-hybridized carbons (Fsp3) is 0.100. The lowest BCUT2D eigenvalue weighted by Crippen LogP contribution is -2.24. The van der Waals surface area contributed by atoms with E-state index in [0.29, 0.717) is 11.3 Å². The van der Waals surface area contributed by atoms with Crippen molar-refractivity contribution in [3.8, 4) is 11.3 Å². The first kappa shape index (κ1) is 16.8. The van der Waals surface area contributed by atoms with E-state index in [4.69, 9.17) is 0 Å². The number of carbonyl (C=O) groups excluding carboxylic acids is 1. The predicted molar refractivity (Wildman–Crippen MR) is 91.6 cm³/mol. The van der Waals surface area contributed by atoms with Gasteiger partial charge in [0, 0.05) is 18.3 Å². The monoisotopic (exact) mass is 338 g/mol. The zero-order valence-corrected chi connectivity index (χ0v) is 13.4. The Morgan fingerprint density at radius 2 is 1.72 bits per heavy atom. The Labute approximate surface area is 144 Å². The number of pyridine rings is 1. The highest BCUT2D eigenvalue weighted by Crippen LogP contribution is 2.17. The number of hydrogen-bond acceptors (Lipinski definition) is 2. The third kappa shape index (κ3) is 4.70. The van der Waals surface area contributed by atoms with Gasteiger partial charge in [-0.2, -0.15) is 0 Å². The fourth-order valence-electron chi connectivity index (χ4n) is 2.42. The summed E-state index contributed by atoms with van der Waals surface area (Å²) in [7, 11) is 0. The van der Waals surface area contributed by atoms with Crippen LogP contribution in [-0.4, -0.2) is 10.9 Å². The van der Waals surface area contributed by atoms with Crippen molar-refractivity contribution in [3.05, 3.63) is 89.6 Å². The van der Waals surface area contributed by atoms with Crippen molar-refractivity contribution < 1.29 is 13.6 Å². The molecule has 0 atom stereocenters. The van der Waals surface area contributed by atoms with E-state index in [-0.39, 0.29) is 30.5 Å². The van der Waals surface area contributed by atoms with Gasteiger partial charge in [-0.05, 0) is 53.6 Å². The summed E-state index contributed by atoms with van der Waals surface area (Å²) in [6, 6.07) is 15.8. The van der Waals surface area contributed by atoms with Crippen LogP contribution in [0, 0.1) is 11.6 Å². The van der Waals surface area contributed by atoms with Crippen molar-refractivity contribution >= 4 is 5.91 Å². The van der Waals surface area contributed by atoms with E-state index in [1.54, 1.807) is 36.5 Å². The van der Waals surface area contributed by atoms with E-state index in [1.165, 1.54) is 24.3 Å². The van der Waals surface area contributed by atoms with Crippen LogP contribution in [0.1, 0.15) is 11.1 Å². The van der Waals surface area contributed by atoms with Crippen LogP contribution >= 0.6 is 0 Å². The van der Waals surface area contributed by atoms with Gasteiger partial charge in [-0.25, -0.2) is 8.78 Å². The number of halogens is 2. The Balaban J connectivity index is 1.57. The summed E-state index contributed by atoms with van der Waals surface area (Å²) in [6.45, 7) is 0.275. The highest BCUT2D eigenvalue weighted by atomic mass is 19.1. The highest BCUT2D eigenvalue weighted by Gasteiger charge is 2.06. The molecular formula is C20H16F2N2O. The topological polar surface area (TPSA) is 42.0 Å². The van der Waals surface area contributed by atoms with E-state index in [1.807, 2.05) is 6.07 Å². The minimum atomic E-state index is -0.327. The molecule has 1 amide bonds. The first-order valence-electron chi connectivity index (χ1n) is 7.82. The number of rotatable bonds is 5. The third-order valence-electron chi connectivity index (χ3n) is 3.71. The Hall–Kier alpha value is -3.08. The van der Waals surface area contributed by atoms with Crippen molar-refractivity contribution in [2.75, 3.05) is 0 Å². The second kappa shape index (κ2) is 7.66. The van der Waals surface area contributed by atoms with Crippen LogP contribution in [0.3, 0.4) is 0 Å². The molecule has 0 aliphatic heterocycles. The number of nitrogens with zero attached hydrogens (tertiary/aromatic N) is 1. The van der Waals surface area contributed by atoms with E-state index in [9.17, 15) is 13.6 Å². The number of carbonyl (C=O) groups is 1. The van der Waals surface area contributed by atoms with Crippen LogP contribution in [0.25, 0.3) is 11.3 Å². The minimum absolute atomic E-state index is 0.166. The molecule has 0 saturated heterocycles. The van der Waals surface area contributed by atoms with Gasteiger partial charge in [0.25, 0.3) is 0 Å². The molecule has 1 aromatic heterocycles. The van der Waals surface area contributed by atoms with Gasteiger partial charge in [0.15, 0.2) is 0 Å². The number of benzene rings is 2. The van der Waals surface area contributed by atoms with Crippen molar-refractivity contribution in [3.63, 3.8) is 0 Å². The molecule has 0 aliphatic rings. The van der Waals surface area contributed by atoms with Crippen LogP contribution in [-0.2, 0) is 17.8 Å². The largest absolute Gasteiger partial charge is 0.352 e. The molecule has 0 saturated carbocycles. The number of aromatic nitrogens is 1. The summed E-state index contributed by atoms with van der Waals surface area (Å²) < 4.78 is 26.0. The average Bonchev–Trinajstić information content (AvgIpc) is 2.62. The van der Waals surface area contributed by atoms with Crippen molar-refractivity contribution in [1.29, 1.82) is 0 Å². The summed E-state index contributed by atoms with van der Waals surface area (Å²) in [6.07, 6.45) is 1.81. The molecular weight excluding hydrogens is 322 g/mol. The molecule has 3 rings (SSSR count). The molecule has 2 aromatic carbocycles. The van der Waals surface area contributed by atoms with Gasteiger partial charge in [0.1, 0.15) is 11.6 Å². The van der Waals surface area contributed by atoms with Crippen LogP contribution in [0.15, 0.2) is 66.9 Å². The first-order chi connectivity index (χ1) is 12.1. The van der Waals surface area contributed by atoms with Gasteiger partial charge in [-0.15, -0.1) is 0 Å². The molecule has 5 heteroatoms. The maximum Gasteiger partial charge on any atom is 0.224 e. The van der Waals surface area contributed by atoms with Crippen molar-refractivity contribution in [2.45, 2.75) is 13.0 Å². The predicted octanol–water partition coefficient (Wildman–Crippen LogP) is 3.89. The molecule has 0 unspecified atom stereocenters. The smallest absolute Gasteiger partial charge is 0.224 e. The van der Waals surface area contributed by atoms with Gasteiger partial charge in [0.2, 0.25) is 5.91 Å². The van der Waals surface area contributed by atoms with E-state index >= 15 is 0 Å². The Kier molecular flexibility index (Phi) is 5.14. The summed E-state index contributed by atoms with van der Waals surface area (Å²) in [5, 5.41) is 2.75. The summed E-state index contributed by atoms with van der Waals surface area (Å²) in [5.74, 6) is -0.789. The Morgan fingerprint density at radius 1 is 0.920 bits per heavy atom. The second-order valence-corrected chi connectivity index (χ2v) is 5.64. The summed E-state index contributed by atoms with van der Waals surface area (Å²) >= 11 is 0. The van der Waals surface area contributed by atoms with Crippen LogP contribution in [0.5, 0.6) is 0 Å². The molecule has 0 bridgehead atoms. The van der Waals surface area contributed by atoms with Crippen LogP contribution in [0.4, 0.5) is 8.78 Å². The maximum atomic E-state index is 13.1. The van der Waals surface area contributed by atoms with Crippen molar-refractivity contribution in [2.24, 2.45) is 0 Å². The van der Waals surface area contributed by atoms with Crippen molar-refractivity contribution in [1.82, 2.24) is 10.3 Å². The van der Waals surface area contributed by atoms with Crippen LogP contribution in [0.2, 0.25) is 0 Å². The molecule has 0 radical (unpaired) electrons. The second-order valence-electron chi connectivity index (χ2n) is 5.64. The lowest BCUT2D eigenvalue weighted by Gasteiger charge is -2.06. The molecule has 25 heavy (non-hydrogen) atoms. The SMILES string of the molecule is O=C(Cc1ccc(-c2ccc(F)cc2)nc1)NCc1cccc(F)c1. The molecule has 1 heterocycles. The molecule has 126 valence electrons. The number of amides is 1. The van der Waals surface area contributed by atoms with Gasteiger partial charge >= 0.3 is 0 Å². The minimum Gasteiger partial charge on any atom is -0.352 e. The molecule has 0 aliphatic carbocycles. The zero-order chi connectivity index (χ0) is 17.6. The van der Waals surface area contributed by atoms with E-state index in [0.717, 1.165) is 11.1 Å². The lowest BCUT2D eigenvalue weighted by molar-refractivity contribution is -0.120. The first-order valence-corrected chi connectivity index (χ1v) is 7.82. The molecule has 1 N–H and O–H groups in total. The average molecular weight is 338 g/mol. The van der Waals surface area contributed by atoms with Crippen LogP contribution < -0.4 is 5.32 Å². The van der Waals surface area contributed by atoms with Gasteiger partial charge in [-0.1, -0.05) is 18.2 Å². The normalized spacial score (nSPS) is 10.5. The molecule has 3 nitrogen and oxygen atoms in total. The molecule has 3 aromatic rings. The fourth-order valence-corrected chi connectivity index (χ4v) is 2.42. The summed E-state index contributed by atoms with van der Waals surface area (Å²) in [4.78, 5) is 16.3. The van der Waals surface area contributed by atoms with E-state index in [2.05, 4.69) is 10.3 Å². The van der Waals surface area contributed by atoms with Gasteiger partial charge in [-0.3, -0.25) is 9.78 Å². The zero-order valence-electron chi connectivity index (χ0n) is 13.4. The lowest BCUT2D eigenvalue weighted by atomic mass is 10.1. The maximum absolute atomic E-state index is 13.1. The Bertz CT molecular complexity index is 862. The molecule has 0 spiro atoms. The summed E-state index contributed by atoms with van der Waals surface area (Å²) in [5.41, 5.74) is 2.99. The Morgan fingerprint density at radius 3 is 2.40 bits per heavy atom. The van der Waals surface area contributed by atoms with Gasteiger partial charge in [0.05, 0.1) is 12.1 Å². The highest BCUT2D eigenvalue weighted by molar-refractivity contribution is 5.78. The number of hydrogen-bond donors (Lipinski definition) is 1. The number of nitrogens with one attached hydrogen (secondary N) is 1.